The minimum absolute atomic E-state index is 0.00324. The standard InChI is InChI=1S/C8H10O2.2CH4O3S/c9-5-7-3-1-2-4-8(7)6-10;2*1-5(2,3)4/h1-4,9-10H,5-6H2;2*1H3,(H,2,3,4). The van der Waals surface area contributed by atoms with Crippen molar-refractivity contribution in [1.82, 2.24) is 0 Å². The van der Waals surface area contributed by atoms with Crippen molar-refractivity contribution in [2.24, 2.45) is 0 Å². The van der Waals surface area contributed by atoms with Gasteiger partial charge in [-0.25, -0.2) is 0 Å². The predicted octanol–water partition coefficient (Wildman–Crippen LogP) is -0.321. The molecular weight excluding hydrogens is 312 g/mol. The topological polar surface area (TPSA) is 149 Å². The number of rotatable bonds is 2. The highest BCUT2D eigenvalue weighted by atomic mass is 32.2. The van der Waals surface area contributed by atoms with E-state index >= 15 is 0 Å². The molecule has 1 aromatic rings. The second-order valence-electron chi connectivity index (χ2n) is 3.55. The maximum atomic E-state index is 9.19. The first kappa shape index (κ1) is 21.3. The summed E-state index contributed by atoms with van der Waals surface area (Å²) < 4.78 is 51.7. The molecule has 0 heterocycles. The summed E-state index contributed by atoms with van der Waals surface area (Å²) in [4.78, 5) is 0. The Hall–Kier alpha value is -1.04. The number of benzene rings is 1. The zero-order valence-corrected chi connectivity index (χ0v) is 12.6. The van der Waals surface area contributed by atoms with Crippen molar-refractivity contribution in [2.75, 3.05) is 12.5 Å². The van der Waals surface area contributed by atoms with Crippen molar-refractivity contribution < 1.29 is 36.2 Å². The third-order valence-electron chi connectivity index (χ3n) is 1.46. The molecule has 0 amide bonds. The largest absolute Gasteiger partial charge is 0.392 e. The molecule has 4 N–H and O–H groups in total. The third kappa shape index (κ3) is 22.2. The molecule has 0 unspecified atom stereocenters. The Balaban J connectivity index is 0. The summed E-state index contributed by atoms with van der Waals surface area (Å²) in [6, 6.07) is 7.27. The Morgan fingerprint density at radius 2 is 1.00 bits per heavy atom. The fraction of sp³-hybridized carbons (Fsp3) is 0.400. The number of hydrogen-bond donors (Lipinski definition) is 4. The SMILES string of the molecule is CS(=O)(=O)O.CS(=O)(=O)O.OCc1ccccc1CO. The van der Waals surface area contributed by atoms with Gasteiger partial charge >= 0.3 is 0 Å². The Labute approximate surface area is 118 Å². The predicted molar refractivity (Wildman–Crippen MR) is 73.2 cm³/mol. The maximum absolute atomic E-state index is 9.19. The van der Waals surface area contributed by atoms with E-state index < -0.39 is 20.2 Å². The normalized spacial score (nSPS) is 10.7. The molecule has 1 rings (SSSR count). The molecule has 0 atom stereocenters. The molecule has 0 bridgehead atoms. The van der Waals surface area contributed by atoms with Crippen molar-refractivity contribution in [3.05, 3.63) is 35.4 Å². The molecule has 118 valence electrons. The number of aliphatic hydroxyl groups excluding tert-OH is 2. The van der Waals surface area contributed by atoms with Crippen LogP contribution in [0.5, 0.6) is 0 Å². The Kier molecular flexibility index (Phi) is 10.4. The molecular formula is C10H18O8S2. The molecule has 0 aliphatic rings. The van der Waals surface area contributed by atoms with E-state index in [0.29, 0.717) is 12.5 Å². The molecule has 0 saturated heterocycles. The van der Waals surface area contributed by atoms with Crippen molar-refractivity contribution in [3.63, 3.8) is 0 Å². The lowest BCUT2D eigenvalue weighted by molar-refractivity contribution is 0.260. The zero-order chi connectivity index (χ0) is 16.4. The third-order valence-corrected chi connectivity index (χ3v) is 1.46. The van der Waals surface area contributed by atoms with Gasteiger partial charge in [-0.1, -0.05) is 24.3 Å². The first-order chi connectivity index (χ1) is 8.88. The lowest BCUT2D eigenvalue weighted by atomic mass is 10.1. The monoisotopic (exact) mass is 330 g/mol. The summed E-state index contributed by atoms with van der Waals surface area (Å²) in [6.45, 7) is -0.00648. The molecule has 0 radical (unpaired) electrons. The quantitative estimate of drug-likeness (QED) is 0.539. The van der Waals surface area contributed by atoms with Gasteiger partial charge in [0.15, 0.2) is 0 Å². The van der Waals surface area contributed by atoms with Crippen molar-refractivity contribution in [3.8, 4) is 0 Å². The molecule has 8 nitrogen and oxygen atoms in total. The highest BCUT2D eigenvalue weighted by Crippen LogP contribution is 2.07. The van der Waals surface area contributed by atoms with Crippen LogP contribution in [0.2, 0.25) is 0 Å². The smallest absolute Gasteiger partial charge is 0.261 e. The van der Waals surface area contributed by atoms with Crippen LogP contribution < -0.4 is 0 Å². The van der Waals surface area contributed by atoms with Crippen LogP contribution in [0.4, 0.5) is 0 Å². The van der Waals surface area contributed by atoms with Gasteiger partial charge in [-0.3, -0.25) is 9.11 Å². The van der Waals surface area contributed by atoms with Gasteiger partial charge in [0.25, 0.3) is 20.2 Å². The van der Waals surface area contributed by atoms with Crippen LogP contribution in [0, 0.1) is 0 Å². The fourth-order valence-corrected chi connectivity index (χ4v) is 0.866. The zero-order valence-electron chi connectivity index (χ0n) is 11.0. The second kappa shape index (κ2) is 9.80. The Morgan fingerprint density at radius 3 is 1.15 bits per heavy atom. The highest BCUT2D eigenvalue weighted by molar-refractivity contribution is 7.85. The fourth-order valence-electron chi connectivity index (χ4n) is 0.866. The van der Waals surface area contributed by atoms with E-state index in [-0.39, 0.29) is 13.2 Å². The van der Waals surface area contributed by atoms with Crippen LogP contribution in [0.1, 0.15) is 11.1 Å². The van der Waals surface area contributed by atoms with Gasteiger partial charge in [-0.15, -0.1) is 0 Å². The molecule has 20 heavy (non-hydrogen) atoms. The van der Waals surface area contributed by atoms with Gasteiger partial charge in [0.05, 0.1) is 25.7 Å². The minimum atomic E-state index is -3.67. The molecule has 0 aliphatic heterocycles. The Morgan fingerprint density at radius 1 is 0.800 bits per heavy atom. The summed E-state index contributed by atoms with van der Waals surface area (Å²) in [5.74, 6) is 0. The summed E-state index contributed by atoms with van der Waals surface area (Å²) in [7, 11) is -7.33. The summed E-state index contributed by atoms with van der Waals surface area (Å²) in [6.07, 6.45) is 1.43. The van der Waals surface area contributed by atoms with Crippen molar-refractivity contribution in [1.29, 1.82) is 0 Å². The summed E-state index contributed by atoms with van der Waals surface area (Å²) in [5, 5.41) is 17.5. The minimum Gasteiger partial charge on any atom is -0.392 e. The first-order valence-electron chi connectivity index (χ1n) is 5.02. The van der Waals surface area contributed by atoms with E-state index in [0.717, 1.165) is 11.1 Å². The van der Waals surface area contributed by atoms with Gasteiger partial charge < -0.3 is 10.2 Å². The molecule has 1 aromatic carbocycles. The lowest BCUT2D eigenvalue weighted by Crippen LogP contribution is -1.91. The highest BCUT2D eigenvalue weighted by Gasteiger charge is 1.95. The van der Waals surface area contributed by atoms with Crippen LogP contribution >= 0.6 is 0 Å². The van der Waals surface area contributed by atoms with Crippen LogP contribution in [-0.4, -0.2) is 48.7 Å². The van der Waals surface area contributed by atoms with Crippen molar-refractivity contribution >= 4 is 20.2 Å². The molecule has 0 spiro atoms. The summed E-state index contributed by atoms with van der Waals surface area (Å²) >= 11 is 0. The molecule has 0 aliphatic carbocycles. The number of hydrogen-bond acceptors (Lipinski definition) is 6. The second-order valence-corrected chi connectivity index (χ2v) is 6.48. The van der Waals surface area contributed by atoms with Crippen LogP contribution in [-0.2, 0) is 33.5 Å². The van der Waals surface area contributed by atoms with E-state index in [1.165, 1.54) is 0 Å². The van der Waals surface area contributed by atoms with Gasteiger partial charge in [0, 0.05) is 0 Å². The lowest BCUT2D eigenvalue weighted by Gasteiger charge is -2.01. The maximum Gasteiger partial charge on any atom is 0.261 e. The first-order valence-corrected chi connectivity index (χ1v) is 8.71. The van der Waals surface area contributed by atoms with Gasteiger partial charge in [0.1, 0.15) is 0 Å². The van der Waals surface area contributed by atoms with E-state index in [2.05, 4.69) is 0 Å². The molecule has 10 heteroatoms. The average Bonchev–Trinajstić information content (AvgIpc) is 2.24. The van der Waals surface area contributed by atoms with E-state index in [1.54, 1.807) is 12.1 Å². The van der Waals surface area contributed by atoms with Gasteiger partial charge in [-0.2, -0.15) is 16.8 Å². The van der Waals surface area contributed by atoms with Crippen LogP contribution in [0.15, 0.2) is 24.3 Å². The molecule has 0 aromatic heterocycles. The van der Waals surface area contributed by atoms with Gasteiger partial charge in [-0.05, 0) is 11.1 Å². The average molecular weight is 330 g/mol. The Bertz CT molecular complexity index is 508. The molecule has 0 fully saturated rings. The van der Waals surface area contributed by atoms with Gasteiger partial charge in [0.2, 0.25) is 0 Å². The van der Waals surface area contributed by atoms with E-state index in [4.69, 9.17) is 19.3 Å². The van der Waals surface area contributed by atoms with Crippen LogP contribution in [0.25, 0.3) is 0 Å². The molecule has 0 saturated carbocycles. The number of aliphatic hydroxyl groups is 2. The van der Waals surface area contributed by atoms with Crippen molar-refractivity contribution in [2.45, 2.75) is 13.2 Å². The van der Waals surface area contributed by atoms with E-state index in [1.807, 2.05) is 12.1 Å². The van der Waals surface area contributed by atoms with E-state index in [9.17, 15) is 16.8 Å². The van der Waals surface area contributed by atoms with Crippen LogP contribution in [0.3, 0.4) is 0 Å². The summed E-state index contributed by atoms with van der Waals surface area (Å²) in [5.41, 5.74) is 1.59.